The molecule has 0 saturated heterocycles. The monoisotopic (exact) mass is 205 g/mol. The van der Waals surface area contributed by atoms with Crippen molar-refractivity contribution in [3.05, 3.63) is 24.3 Å². The van der Waals surface area contributed by atoms with Gasteiger partial charge in [-0.1, -0.05) is 12.1 Å². The molecule has 0 fully saturated rings. The molecule has 1 atom stereocenters. The Labute approximate surface area is 86.5 Å². The van der Waals surface area contributed by atoms with Gasteiger partial charge in [0.25, 0.3) is 5.89 Å². The van der Waals surface area contributed by atoms with E-state index >= 15 is 0 Å². The van der Waals surface area contributed by atoms with Crippen molar-refractivity contribution in [1.82, 2.24) is 20.3 Å². The summed E-state index contributed by atoms with van der Waals surface area (Å²) in [7, 11) is 0. The summed E-state index contributed by atoms with van der Waals surface area (Å²) in [5, 5.41) is 11.2. The Morgan fingerprint density at radius 2 is 2.33 bits per heavy atom. The zero-order valence-corrected chi connectivity index (χ0v) is 8.29. The van der Waals surface area contributed by atoms with Crippen LogP contribution in [0, 0.1) is 0 Å². The van der Waals surface area contributed by atoms with Gasteiger partial charge < -0.3 is 10.3 Å². The number of aromatic nitrogens is 4. The van der Waals surface area contributed by atoms with E-state index in [0.29, 0.717) is 11.7 Å². The van der Waals surface area contributed by atoms with Gasteiger partial charge in [-0.05, 0) is 12.5 Å². The van der Waals surface area contributed by atoms with E-state index in [0.717, 1.165) is 12.0 Å². The van der Waals surface area contributed by atoms with Crippen LogP contribution in [0.1, 0.15) is 25.2 Å². The van der Waals surface area contributed by atoms with Gasteiger partial charge in [0.1, 0.15) is 0 Å². The first-order valence-electron chi connectivity index (χ1n) is 4.67. The zero-order chi connectivity index (χ0) is 10.7. The largest absolute Gasteiger partial charge is 0.334 e. The molecule has 1 unspecified atom stereocenters. The van der Waals surface area contributed by atoms with Crippen molar-refractivity contribution in [1.29, 1.82) is 0 Å². The average molecular weight is 205 g/mol. The molecule has 0 bridgehead atoms. The fraction of sp³-hybridized carbons (Fsp3) is 0.333. The van der Waals surface area contributed by atoms with Crippen LogP contribution in [0.15, 0.2) is 23.0 Å². The molecular weight excluding hydrogens is 194 g/mol. The predicted molar refractivity (Wildman–Crippen MR) is 52.5 cm³/mol. The summed E-state index contributed by atoms with van der Waals surface area (Å²) in [6.45, 7) is 1.97. The molecular formula is C9H11N5O. The molecule has 2 aromatic heterocycles. The summed E-state index contributed by atoms with van der Waals surface area (Å²) in [6.07, 6.45) is 3.90. The second-order valence-electron chi connectivity index (χ2n) is 3.10. The van der Waals surface area contributed by atoms with Gasteiger partial charge in [-0.25, -0.2) is 0 Å². The van der Waals surface area contributed by atoms with Crippen molar-refractivity contribution in [3.8, 4) is 11.5 Å². The molecule has 0 amide bonds. The molecule has 15 heavy (non-hydrogen) atoms. The predicted octanol–water partition coefficient (Wildman–Crippen LogP) is 0.936. The molecule has 2 aromatic rings. The Hall–Kier alpha value is -1.82. The topological polar surface area (TPSA) is 90.7 Å². The van der Waals surface area contributed by atoms with Gasteiger partial charge in [0.15, 0.2) is 5.82 Å². The van der Waals surface area contributed by atoms with Crippen LogP contribution in [0.4, 0.5) is 0 Å². The molecule has 0 saturated carbocycles. The molecule has 0 spiro atoms. The number of nitrogens with two attached hydrogens (primary N) is 1. The second kappa shape index (κ2) is 4.14. The fourth-order valence-corrected chi connectivity index (χ4v) is 1.10. The molecule has 2 N–H and O–H groups in total. The lowest BCUT2D eigenvalue weighted by atomic mass is 10.2. The van der Waals surface area contributed by atoms with Gasteiger partial charge in [0.2, 0.25) is 0 Å². The lowest BCUT2D eigenvalue weighted by Crippen LogP contribution is -2.10. The standard InChI is InChI=1S/C9H11N5O/c1-2-7(10)8-13-9(15-14-8)6-3-4-11-12-5-6/h3-5,7H,2,10H2,1H3. The molecule has 2 heterocycles. The summed E-state index contributed by atoms with van der Waals surface area (Å²) < 4.78 is 5.06. The van der Waals surface area contributed by atoms with E-state index in [1.165, 1.54) is 0 Å². The first-order chi connectivity index (χ1) is 7.31. The van der Waals surface area contributed by atoms with Crippen LogP contribution in [0.25, 0.3) is 11.5 Å². The van der Waals surface area contributed by atoms with Crippen LogP contribution in [-0.4, -0.2) is 20.3 Å². The van der Waals surface area contributed by atoms with Crippen LogP contribution in [0.5, 0.6) is 0 Å². The van der Waals surface area contributed by atoms with E-state index in [1.807, 2.05) is 6.92 Å². The zero-order valence-electron chi connectivity index (χ0n) is 8.29. The summed E-state index contributed by atoms with van der Waals surface area (Å²) in [5.74, 6) is 0.938. The lowest BCUT2D eigenvalue weighted by Gasteiger charge is -1.99. The van der Waals surface area contributed by atoms with Crippen LogP contribution < -0.4 is 5.73 Å². The van der Waals surface area contributed by atoms with E-state index in [1.54, 1.807) is 18.5 Å². The van der Waals surface area contributed by atoms with E-state index in [4.69, 9.17) is 10.3 Å². The summed E-state index contributed by atoms with van der Waals surface area (Å²) in [5.41, 5.74) is 6.52. The van der Waals surface area contributed by atoms with Crippen molar-refractivity contribution in [2.75, 3.05) is 0 Å². The van der Waals surface area contributed by atoms with Crippen molar-refractivity contribution in [3.63, 3.8) is 0 Å². The molecule has 0 aliphatic rings. The van der Waals surface area contributed by atoms with Crippen molar-refractivity contribution in [2.24, 2.45) is 5.73 Å². The summed E-state index contributed by atoms with van der Waals surface area (Å²) in [4.78, 5) is 4.18. The van der Waals surface area contributed by atoms with Gasteiger partial charge in [0, 0.05) is 0 Å². The average Bonchev–Trinajstić information content (AvgIpc) is 2.78. The highest BCUT2D eigenvalue weighted by atomic mass is 16.5. The Morgan fingerprint density at radius 1 is 1.47 bits per heavy atom. The molecule has 0 aliphatic heterocycles. The van der Waals surface area contributed by atoms with Gasteiger partial charge in [-0.15, -0.1) is 0 Å². The van der Waals surface area contributed by atoms with Crippen LogP contribution in [0.2, 0.25) is 0 Å². The second-order valence-corrected chi connectivity index (χ2v) is 3.10. The van der Waals surface area contributed by atoms with Crippen LogP contribution in [0.3, 0.4) is 0 Å². The van der Waals surface area contributed by atoms with Gasteiger partial charge >= 0.3 is 0 Å². The third-order valence-corrected chi connectivity index (χ3v) is 2.04. The number of hydrogen-bond donors (Lipinski definition) is 1. The van der Waals surface area contributed by atoms with E-state index < -0.39 is 0 Å². The van der Waals surface area contributed by atoms with E-state index in [-0.39, 0.29) is 6.04 Å². The Kier molecular flexibility index (Phi) is 2.68. The van der Waals surface area contributed by atoms with Crippen LogP contribution >= 0.6 is 0 Å². The Morgan fingerprint density at radius 3 is 3.00 bits per heavy atom. The highest BCUT2D eigenvalue weighted by molar-refractivity contribution is 5.49. The Bertz CT molecular complexity index is 427. The third-order valence-electron chi connectivity index (χ3n) is 2.04. The van der Waals surface area contributed by atoms with E-state index in [2.05, 4.69) is 20.3 Å². The lowest BCUT2D eigenvalue weighted by molar-refractivity contribution is 0.415. The van der Waals surface area contributed by atoms with Gasteiger partial charge in [0.05, 0.1) is 24.0 Å². The maximum atomic E-state index is 5.77. The minimum Gasteiger partial charge on any atom is -0.334 e. The third kappa shape index (κ3) is 1.99. The van der Waals surface area contributed by atoms with Crippen molar-refractivity contribution >= 4 is 0 Å². The fourth-order valence-electron chi connectivity index (χ4n) is 1.10. The summed E-state index contributed by atoms with van der Waals surface area (Å²) >= 11 is 0. The summed E-state index contributed by atoms with van der Waals surface area (Å²) in [6, 6.07) is 1.57. The van der Waals surface area contributed by atoms with E-state index in [9.17, 15) is 0 Å². The maximum Gasteiger partial charge on any atom is 0.259 e. The normalized spacial score (nSPS) is 12.7. The number of rotatable bonds is 3. The highest BCUT2D eigenvalue weighted by Gasteiger charge is 2.13. The molecule has 6 nitrogen and oxygen atoms in total. The SMILES string of the molecule is CCC(N)c1noc(-c2ccnnc2)n1. The molecule has 78 valence electrons. The maximum absolute atomic E-state index is 5.77. The number of nitrogens with zero attached hydrogens (tertiary/aromatic N) is 4. The molecule has 0 aliphatic carbocycles. The first kappa shape index (κ1) is 9.72. The van der Waals surface area contributed by atoms with Gasteiger partial charge in [-0.2, -0.15) is 15.2 Å². The van der Waals surface area contributed by atoms with Crippen molar-refractivity contribution in [2.45, 2.75) is 19.4 Å². The van der Waals surface area contributed by atoms with Crippen molar-refractivity contribution < 1.29 is 4.52 Å². The minimum atomic E-state index is -0.183. The minimum absolute atomic E-state index is 0.183. The number of hydrogen-bond acceptors (Lipinski definition) is 6. The smallest absolute Gasteiger partial charge is 0.259 e. The first-order valence-corrected chi connectivity index (χ1v) is 4.67. The molecule has 6 heteroatoms. The van der Waals surface area contributed by atoms with Crippen LogP contribution in [-0.2, 0) is 0 Å². The van der Waals surface area contributed by atoms with Gasteiger partial charge in [-0.3, -0.25) is 0 Å². The quantitative estimate of drug-likeness (QED) is 0.801. The molecule has 0 aromatic carbocycles. The molecule has 0 radical (unpaired) electrons. The molecule has 2 rings (SSSR count). The highest BCUT2D eigenvalue weighted by Crippen LogP contribution is 2.17. The Balaban J connectivity index is 2.28.